The van der Waals surface area contributed by atoms with E-state index in [1.807, 2.05) is 18.2 Å². The van der Waals surface area contributed by atoms with Gasteiger partial charge in [0, 0.05) is 41.6 Å². The number of halogens is 1. The Hall–Kier alpha value is -2.59. The predicted molar refractivity (Wildman–Crippen MR) is 165 cm³/mol. The first-order valence-corrected chi connectivity index (χ1v) is 17.4. The summed E-state index contributed by atoms with van der Waals surface area (Å²) in [6, 6.07) is 11.4. The first-order chi connectivity index (χ1) is 20.7. The number of anilines is 1. The van der Waals surface area contributed by atoms with Crippen molar-refractivity contribution in [3.05, 3.63) is 70.3 Å². The third-order valence-electron chi connectivity index (χ3n) is 10.5. The first-order valence-electron chi connectivity index (χ1n) is 15.5. The minimum Gasteiger partial charge on any atom is -0.490 e. The molecule has 2 aliphatic carbocycles. The normalized spacial score (nSPS) is 34.3. The van der Waals surface area contributed by atoms with E-state index in [-0.39, 0.29) is 28.7 Å². The van der Waals surface area contributed by atoms with Gasteiger partial charge < -0.3 is 19.5 Å². The van der Waals surface area contributed by atoms with E-state index in [4.69, 9.17) is 21.1 Å². The largest absolute Gasteiger partial charge is 0.490 e. The van der Waals surface area contributed by atoms with E-state index in [9.17, 15) is 18.3 Å². The number of hydrogen-bond donors (Lipinski definition) is 2. The number of aryl methyl sites for hydroxylation is 1. The van der Waals surface area contributed by atoms with Crippen molar-refractivity contribution >= 4 is 33.2 Å². The standard InChI is InChI=1S/C33H39ClN2O6S/c34-25-8-10-27-21(15-25)4-2-13-33(27)19-36-17-23-6-9-26(23)29(37)5-1-3-24-18-41-14-12-31(24)43(39,40)35-32(38)22-7-11-30(42-20-33)28(36)16-22/h1,5,7-8,10-11,15-16,23-24,26,29,31,37H,2-4,6,9,12-14,17-20H2,(H,35,38)/b5-1+/t23-,24-,26+,29-,31-,33-/m0/s1. The van der Waals surface area contributed by atoms with Crippen LogP contribution in [0.4, 0.5) is 5.69 Å². The van der Waals surface area contributed by atoms with Gasteiger partial charge in [0.25, 0.3) is 5.91 Å². The molecule has 2 bridgehead atoms. The third-order valence-corrected chi connectivity index (χ3v) is 12.6. The van der Waals surface area contributed by atoms with Gasteiger partial charge in [0.2, 0.25) is 10.0 Å². The van der Waals surface area contributed by atoms with Crippen molar-refractivity contribution < 1.29 is 27.8 Å². The SMILES string of the molecule is O=C1NS(=O)(=O)[C@H]2CCOC[C@@H]2C/C=C/[C@H](O)[C@@H]2CC[C@H]2CN2C[C@@]3(CCCc4cc(Cl)ccc43)COc3ccc1cc32. The second-order valence-corrected chi connectivity index (χ2v) is 15.4. The van der Waals surface area contributed by atoms with Crippen LogP contribution in [0.1, 0.15) is 60.0 Å². The van der Waals surface area contributed by atoms with E-state index in [1.165, 1.54) is 11.1 Å². The number of amides is 1. The van der Waals surface area contributed by atoms with Gasteiger partial charge in [-0.05, 0) is 98.2 Å². The molecule has 2 aromatic carbocycles. The number of nitrogens with zero attached hydrogens (tertiary/aromatic N) is 1. The summed E-state index contributed by atoms with van der Waals surface area (Å²) in [5.41, 5.74) is 3.31. The van der Waals surface area contributed by atoms with Crippen LogP contribution in [0.3, 0.4) is 0 Å². The number of rotatable bonds is 0. The number of fused-ring (bicyclic) bond motifs is 5. The second kappa shape index (κ2) is 11.4. The summed E-state index contributed by atoms with van der Waals surface area (Å²) in [5, 5.41) is 11.2. The fourth-order valence-electron chi connectivity index (χ4n) is 8.01. The highest BCUT2D eigenvalue weighted by Crippen LogP contribution is 2.47. The van der Waals surface area contributed by atoms with Crippen molar-refractivity contribution in [2.75, 3.05) is 37.8 Å². The molecule has 230 valence electrons. The minimum atomic E-state index is -3.96. The molecule has 1 amide bonds. The lowest BCUT2D eigenvalue weighted by molar-refractivity contribution is 0.0446. The van der Waals surface area contributed by atoms with E-state index in [0.717, 1.165) is 42.8 Å². The summed E-state index contributed by atoms with van der Waals surface area (Å²) in [5.74, 6) is 0.128. The quantitative estimate of drug-likeness (QED) is 0.411. The molecule has 8 nitrogen and oxygen atoms in total. The van der Waals surface area contributed by atoms with E-state index >= 15 is 0 Å². The molecule has 1 saturated carbocycles. The number of nitrogens with one attached hydrogen (secondary N) is 1. The molecule has 1 saturated heterocycles. The van der Waals surface area contributed by atoms with Gasteiger partial charge in [-0.15, -0.1) is 0 Å². The number of aliphatic hydroxyl groups excluding tert-OH is 1. The molecule has 0 unspecified atom stereocenters. The molecule has 3 heterocycles. The van der Waals surface area contributed by atoms with E-state index in [0.29, 0.717) is 51.5 Å². The zero-order chi connectivity index (χ0) is 29.8. The predicted octanol–water partition coefficient (Wildman–Crippen LogP) is 4.62. The number of benzene rings is 2. The van der Waals surface area contributed by atoms with Crippen molar-refractivity contribution in [1.82, 2.24) is 4.72 Å². The van der Waals surface area contributed by atoms with Crippen LogP contribution in [0.2, 0.25) is 5.02 Å². The molecule has 2 fully saturated rings. The highest BCUT2D eigenvalue weighted by molar-refractivity contribution is 7.90. The number of sulfonamides is 1. The molecule has 43 heavy (non-hydrogen) atoms. The monoisotopic (exact) mass is 626 g/mol. The lowest BCUT2D eigenvalue weighted by Gasteiger charge is -2.45. The van der Waals surface area contributed by atoms with E-state index in [1.54, 1.807) is 18.2 Å². The van der Waals surface area contributed by atoms with Gasteiger partial charge in [0.1, 0.15) is 5.75 Å². The Kier molecular flexibility index (Phi) is 7.73. The Balaban J connectivity index is 1.29. The van der Waals surface area contributed by atoms with Crippen molar-refractivity contribution in [3.8, 4) is 5.75 Å². The van der Waals surface area contributed by atoms with Gasteiger partial charge in [-0.1, -0.05) is 29.8 Å². The molecule has 6 atom stereocenters. The Labute approximate surface area is 258 Å². The molecule has 5 aliphatic rings. The fourth-order valence-corrected chi connectivity index (χ4v) is 9.84. The lowest BCUT2D eigenvalue weighted by atomic mass is 9.68. The van der Waals surface area contributed by atoms with Crippen LogP contribution in [0.5, 0.6) is 5.75 Å². The molecule has 7 rings (SSSR count). The third kappa shape index (κ3) is 5.47. The average molecular weight is 627 g/mol. The van der Waals surface area contributed by atoms with E-state index in [2.05, 4.69) is 21.8 Å². The van der Waals surface area contributed by atoms with Gasteiger partial charge in [-0.3, -0.25) is 4.79 Å². The molecular weight excluding hydrogens is 588 g/mol. The van der Waals surface area contributed by atoms with Crippen molar-refractivity contribution in [3.63, 3.8) is 0 Å². The van der Waals surface area contributed by atoms with Crippen LogP contribution in [-0.2, 0) is 26.6 Å². The van der Waals surface area contributed by atoms with Gasteiger partial charge >= 0.3 is 0 Å². The average Bonchev–Trinajstić information content (AvgIpc) is 3.11. The van der Waals surface area contributed by atoms with Crippen LogP contribution in [0, 0.1) is 17.8 Å². The summed E-state index contributed by atoms with van der Waals surface area (Å²) in [7, 11) is -3.96. The Morgan fingerprint density at radius 3 is 2.81 bits per heavy atom. The van der Waals surface area contributed by atoms with E-state index < -0.39 is 27.3 Å². The molecule has 0 radical (unpaired) electrons. The molecule has 1 spiro atoms. The number of allylic oxidation sites excluding steroid dienone is 1. The molecule has 0 aromatic heterocycles. The number of carbonyl (C=O) groups excluding carboxylic acids is 1. The first kappa shape index (κ1) is 29.1. The van der Waals surface area contributed by atoms with Gasteiger partial charge in [0.15, 0.2) is 0 Å². The minimum absolute atomic E-state index is 0.110. The summed E-state index contributed by atoms with van der Waals surface area (Å²) < 4.78 is 41.5. The van der Waals surface area contributed by atoms with Crippen LogP contribution < -0.4 is 14.4 Å². The van der Waals surface area contributed by atoms with Gasteiger partial charge in [-0.2, -0.15) is 0 Å². The fraction of sp³-hybridized carbons (Fsp3) is 0.545. The highest BCUT2D eigenvalue weighted by Gasteiger charge is 2.44. The smallest absolute Gasteiger partial charge is 0.264 e. The molecule has 2 N–H and O–H groups in total. The molecule has 3 aliphatic heterocycles. The lowest BCUT2D eigenvalue weighted by Crippen LogP contribution is -2.49. The second-order valence-electron chi connectivity index (χ2n) is 13.1. The number of carbonyl (C=O) groups is 1. The Morgan fingerprint density at radius 1 is 1.09 bits per heavy atom. The number of ether oxygens (including phenoxy) is 2. The van der Waals surface area contributed by atoms with Crippen LogP contribution >= 0.6 is 11.6 Å². The van der Waals surface area contributed by atoms with Crippen LogP contribution in [0.15, 0.2) is 48.6 Å². The number of hydrogen-bond acceptors (Lipinski definition) is 7. The summed E-state index contributed by atoms with van der Waals surface area (Å²) >= 11 is 6.39. The zero-order valence-electron chi connectivity index (χ0n) is 24.2. The summed E-state index contributed by atoms with van der Waals surface area (Å²) in [4.78, 5) is 15.8. The van der Waals surface area contributed by atoms with Crippen molar-refractivity contribution in [1.29, 1.82) is 0 Å². The Bertz CT molecular complexity index is 1550. The van der Waals surface area contributed by atoms with Crippen molar-refractivity contribution in [2.24, 2.45) is 17.8 Å². The van der Waals surface area contributed by atoms with Crippen LogP contribution in [-0.4, -0.2) is 63.7 Å². The maximum Gasteiger partial charge on any atom is 0.264 e. The molecule has 10 heteroatoms. The molecular formula is C33H39ClN2O6S. The maximum absolute atomic E-state index is 13.5. The summed E-state index contributed by atoms with van der Waals surface area (Å²) in [6.45, 7) is 2.52. The molecule has 2 aromatic rings. The van der Waals surface area contributed by atoms with Crippen LogP contribution in [0.25, 0.3) is 0 Å². The van der Waals surface area contributed by atoms with Gasteiger partial charge in [0.05, 0.1) is 30.3 Å². The topological polar surface area (TPSA) is 105 Å². The van der Waals surface area contributed by atoms with Crippen molar-refractivity contribution in [2.45, 2.75) is 61.7 Å². The Morgan fingerprint density at radius 2 is 1.98 bits per heavy atom. The number of aliphatic hydroxyl groups is 1. The maximum atomic E-state index is 13.5. The zero-order valence-corrected chi connectivity index (χ0v) is 25.8. The van der Waals surface area contributed by atoms with Gasteiger partial charge in [-0.25, -0.2) is 13.1 Å². The summed E-state index contributed by atoms with van der Waals surface area (Å²) in [6.07, 6.45) is 8.81. The highest BCUT2D eigenvalue weighted by atomic mass is 35.5.